The van der Waals surface area contributed by atoms with Gasteiger partial charge in [0.1, 0.15) is 17.2 Å². The van der Waals surface area contributed by atoms with Crippen molar-refractivity contribution < 1.29 is 19.2 Å². The molecule has 0 spiro atoms. The van der Waals surface area contributed by atoms with Crippen LogP contribution in [-0.2, 0) is 0 Å². The molecule has 0 saturated carbocycles. The van der Waals surface area contributed by atoms with Gasteiger partial charge in [-0.15, -0.1) is 0 Å². The summed E-state index contributed by atoms with van der Waals surface area (Å²) in [6.07, 6.45) is 0. The Morgan fingerprint density at radius 3 is 2.63 bits per heavy atom. The quantitative estimate of drug-likeness (QED) is 0.388. The average Bonchev–Trinajstić information content (AvgIpc) is 2.63. The van der Waals surface area contributed by atoms with Crippen LogP contribution in [-0.4, -0.2) is 29.7 Å². The molecular weight excluding hydrogens is 438 g/mol. The number of nitro groups is 1. The van der Waals surface area contributed by atoms with Crippen LogP contribution in [0.5, 0.6) is 11.5 Å². The summed E-state index contributed by atoms with van der Waals surface area (Å²) in [5, 5.41) is 16.3. The lowest BCUT2D eigenvalue weighted by Gasteiger charge is -2.11. The lowest BCUT2D eigenvalue weighted by Crippen LogP contribution is -2.34. The van der Waals surface area contributed by atoms with Crippen LogP contribution in [0, 0.1) is 10.1 Å². The van der Waals surface area contributed by atoms with Crippen molar-refractivity contribution in [1.82, 2.24) is 5.32 Å². The van der Waals surface area contributed by atoms with Crippen LogP contribution in [0.15, 0.2) is 40.9 Å². The summed E-state index contributed by atoms with van der Waals surface area (Å²) in [5.41, 5.74) is 0.257. The van der Waals surface area contributed by atoms with Gasteiger partial charge in [0, 0.05) is 5.56 Å². The van der Waals surface area contributed by atoms with Crippen LogP contribution >= 0.6 is 28.1 Å². The number of carbonyl (C=O) groups is 1. The van der Waals surface area contributed by atoms with Crippen LogP contribution in [0.2, 0.25) is 0 Å². The first-order valence-corrected chi connectivity index (χ1v) is 8.93. The minimum Gasteiger partial charge on any atom is -0.496 e. The Hall–Kier alpha value is -2.72. The molecule has 0 unspecified atom stereocenters. The van der Waals surface area contributed by atoms with Crippen molar-refractivity contribution in [3.8, 4) is 11.5 Å². The highest BCUT2D eigenvalue weighted by Gasteiger charge is 2.17. The Kier molecular flexibility index (Phi) is 7.08. The third-order valence-corrected chi connectivity index (χ3v) is 4.19. The molecule has 10 heteroatoms. The normalized spacial score (nSPS) is 10.0. The van der Waals surface area contributed by atoms with E-state index in [9.17, 15) is 14.9 Å². The van der Waals surface area contributed by atoms with E-state index in [1.807, 2.05) is 6.92 Å². The second-order valence-electron chi connectivity index (χ2n) is 5.13. The van der Waals surface area contributed by atoms with Gasteiger partial charge in [0.05, 0.1) is 29.2 Å². The fourth-order valence-corrected chi connectivity index (χ4v) is 2.83. The number of nitro benzene ring substituents is 1. The van der Waals surface area contributed by atoms with E-state index in [1.165, 1.54) is 19.2 Å². The van der Waals surface area contributed by atoms with Gasteiger partial charge in [-0.1, -0.05) is 0 Å². The molecule has 2 aromatic rings. The molecule has 2 aromatic carbocycles. The Labute approximate surface area is 169 Å². The Morgan fingerprint density at radius 2 is 2.04 bits per heavy atom. The predicted molar refractivity (Wildman–Crippen MR) is 109 cm³/mol. The first-order valence-electron chi connectivity index (χ1n) is 7.72. The van der Waals surface area contributed by atoms with Crippen molar-refractivity contribution in [3.63, 3.8) is 0 Å². The number of hydrogen-bond acceptors (Lipinski definition) is 6. The van der Waals surface area contributed by atoms with Gasteiger partial charge >= 0.3 is 0 Å². The van der Waals surface area contributed by atoms with E-state index in [0.29, 0.717) is 28.1 Å². The van der Waals surface area contributed by atoms with E-state index >= 15 is 0 Å². The topological polar surface area (TPSA) is 103 Å². The van der Waals surface area contributed by atoms with Crippen molar-refractivity contribution in [2.45, 2.75) is 6.92 Å². The number of benzene rings is 2. The van der Waals surface area contributed by atoms with Crippen molar-refractivity contribution in [2.75, 3.05) is 19.0 Å². The molecule has 0 saturated heterocycles. The number of methoxy groups -OCH3 is 1. The number of rotatable bonds is 6. The Morgan fingerprint density at radius 1 is 1.30 bits per heavy atom. The SMILES string of the molecule is CCOc1ccc(C(=O)NC(=S)Nc2ccc(OC)cc2[N+](=O)[O-])cc1Br. The van der Waals surface area contributed by atoms with Gasteiger partial charge in [-0.25, -0.2) is 0 Å². The number of amides is 1. The van der Waals surface area contributed by atoms with E-state index in [2.05, 4.69) is 26.6 Å². The molecule has 0 aliphatic rings. The largest absolute Gasteiger partial charge is 0.496 e. The zero-order valence-corrected chi connectivity index (χ0v) is 16.8. The molecule has 0 aromatic heterocycles. The molecule has 0 radical (unpaired) electrons. The maximum Gasteiger partial charge on any atom is 0.296 e. The van der Waals surface area contributed by atoms with E-state index in [4.69, 9.17) is 21.7 Å². The summed E-state index contributed by atoms with van der Waals surface area (Å²) in [5.74, 6) is 0.484. The van der Waals surface area contributed by atoms with Crippen molar-refractivity contribution in [3.05, 3.63) is 56.5 Å². The minimum absolute atomic E-state index is 0.0710. The molecule has 0 fully saturated rings. The highest BCUT2D eigenvalue weighted by Crippen LogP contribution is 2.29. The Bertz CT molecular complexity index is 891. The third-order valence-electron chi connectivity index (χ3n) is 3.37. The summed E-state index contributed by atoms with van der Waals surface area (Å²) in [4.78, 5) is 23.0. The van der Waals surface area contributed by atoms with Crippen molar-refractivity contribution in [1.29, 1.82) is 0 Å². The molecule has 0 aliphatic carbocycles. The van der Waals surface area contributed by atoms with Gasteiger partial charge in [-0.3, -0.25) is 20.2 Å². The van der Waals surface area contributed by atoms with Gasteiger partial charge in [-0.2, -0.15) is 0 Å². The number of hydrogen-bond donors (Lipinski definition) is 2. The molecular formula is C17H16BrN3O5S. The second-order valence-corrected chi connectivity index (χ2v) is 6.39. The first kappa shape index (κ1) is 20.6. The number of carbonyl (C=O) groups excluding carboxylic acids is 1. The van der Waals surface area contributed by atoms with Crippen LogP contribution in [0.1, 0.15) is 17.3 Å². The lowest BCUT2D eigenvalue weighted by molar-refractivity contribution is -0.384. The van der Waals surface area contributed by atoms with Gasteiger partial charge in [0.2, 0.25) is 0 Å². The van der Waals surface area contributed by atoms with E-state index in [1.54, 1.807) is 24.3 Å². The second kappa shape index (κ2) is 9.28. The summed E-state index contributed by atoms with van der Waals surface area (Å²) >= 11 is 8.42. The van der Waals surface area contributed by atoms with Crippen molar-refractivity contribution in [2.24, 2.45) is 0 Å². The molecule has 0 heterocycles. The van der Waals surface area contributed by atoms with Crippen molar-refractivity contribution >= 4 is 50.5 Å². The highest BCUT2D eigenvalue weighted by atomic mass is 79.9. The van der Waals surface area contributed by atoms with Crippen LogP contribution in [0.25, 0.3) is 0 Å². The van der Waals surface area contributed by atoms with Gasteiger partial charge in [0.15, 0.2) is 5.11 Å². The summed E-state index contributed by atoms with van der Waals surface area (Å²) in [7, 11) is 1.41. The number of ether oxygens (including phenoxy) is 2. The Balaban J connectivity index is 2.10. The van der Waals surface area contributed by atoms with Crippen LogP contribution in [0.3, 0.4) is 0 Å². The van der Waals surface area contributed by atoms with E-state index in [0.717, 1.165) is 0 Å². The average molecular weight is 454 g/mol. The molecule has 0 bridgehead atoms. The molecule has 1 amide bonds. The van der Waals surface area contributed by atoms with Gasteiger partial charge < -0.3 is 14.8 Å². The number of halogens is 1. The maximum atomic E-state index is 12.3. The molecule has 142 valence electrons. The molecule has 2 rings (SSSR count). The number of nitrogens with zero attached hydrogens (tertiary/aromatic N) is 1. The molecule has 0 atom stereocenters. The number of anilines is 1. The summed E-state index contributed by atoms with van der Waals surface area (Å²) < 4.78 is 11.0. The molecule has 8 nitrogen and oxygen atoms in total. The number of nitrogens with one attached hydrogen (secondary N) is 2. The standard InChI is InChI=1S/C17H16BrN3O5S/c1-3-26-15-7-4-10(8-12(15)18)16(22)20-17(27)19-13-6-5-11(25-2)9-14(13)21(23)24/h4-9H,3H2,1-2H3,(H2,19,20,22,27). The zero-order chi connectivity index (χ0) is 20.0. The smallest absolute Gasteiger partial charge is 0.296 e. The van der Waals surface area contributed by atoms with Gasteiger partial charge in [-0.05, 0) is 65.4 Å². The van der Waals surface area contributed by atoms with Gasteiger partial charge in [0.25, 0.3) is 11.6 Å². The molecule has 2 N–H and O–H groups in total. The van der Waals surface area contributed by atoms with Crippen LogP contribution in [0.4, 0.5) is 11.4 Å². The molecule has 0 aliphatic heterocycles. The van der Waals surface area contributed by atoms with E-state index < -0.39 is 10.8 Å². The fourth-order valence-electron chi connectivity index (χ4n) is 2.14. The zero-order valence-electron chi connectivity index (χ0n) is 14.4. The highest BCUT2D eigenvalue weighted by molar-refractivity contribution is 9.10. The van der Waals surface area contributed by atoms with Crippen LogP contribution < -0.4 is 20.1 Å². The first-order chi connectivity index (χ1) is 12.8. The minimum atomic E-state index is -0.571. The monoisotopic (exact) mass is 453 g/mol. The lowest BCUT2D eigenvalue weighted by atomic mass is 10.2. The third kappa shape index (κ3) is 5.38. The maximum absolute atomic E-state index is 12.3. The molecule has 27 heavy (non-hydrogen) atoms. The van der Waals surface area contributed by atoms with E-state index in [-0.39, 0.29) is 16.5 Å². The summed E-state index contributed by atoms with van der Waals surface area (Å²) in [6.45, 7) is 2.36. The summed E-state index contributed by atoms with van der Waals surface area (Å²) in [6, 6.07) is 9.10. The fraction of sp³-hybridized carbons (Fsp3) is 0.176. The number of thiocarbonyl (C=S) groups is 1. The predicted octanol–water partition coefficient (Wildman–Crippen LogP) is 3.89.